The summed E-state index contributed by atoms with van der Waals surface area (Å²) in [5.74, 6) is 2.58. The molecule has 1 radical (unpaired) electrons. The van der Waals surface area contributed by atoms with Crippen LogP contribution in [0, 0.1) is 0 Å². The monoisotopic (exact) mass is 526 g/mol. The standard InChI is InChI=1S/C25H34Cl2NO3SSi/c1-25(2,3)20-17-21(31-33(4)5)23(30-15-14-28(12-10-26)13-11-27)19-16-18-8-6-7-9-22(18)32(29)24(19)20/h6-9,17H,10-16H2,1-5H3. The fraction of sp³-hybridized carbons (Fsp3) is 0.520. The van der Waals surface area contributed by atoms with Gasteiger partial charge in [-0.3, -0.25) is 4.90 Å². The summed E-state index contributed by atoms with van der Waals surface area (Å²) in [4.78, 5) is 3.96. The first-order valence-corrected chi connectivity index (χ1v) is 15.9. The SMILES string of the molecule is C[Si](C)Oc1cc(C(C)(C)C)c2c(c1OCCN(CCCl)CCCl)Cc1ccccc1S2=O. The number of halogens is 2. The quantitative estimate of drug-likeness (QED) is 0.245. The molecule has 3 rings (SSSR count). The molecule has 8 heteroatoms. The predicted octanol–water partition coefficient (Wildman–Crippen LogP) is 5.84. The highest BCUT2D eigenvalue weighted by molar-refractivity contribution is 7.85. The van der Waals surface area contributed by atoms with Gasteiger partial charge in [0.05, 0.1) is 15.7 Å². The highest BCUT2D eigenvalue weighted by atomic mass is 35.5. The lowest BCUT2D eigenvalue weighted by atomic mass is 9.84. The summed E-state index contributed by atoms with van der Waals surface area (Å²) in [5, 5.41) is 0. The lowest BCUT2D eigenvalue weighted by Gasteiger charge is -2.31. The summed E-state index contributed by atoms with van der Waals surface area (Å²) in [6.45, 7) is 13.4. The maximum absolute atomic E-state index is 13.8. The fourth-order valence-corrected chi connectivity index (χ4v) is 6.87. The Morgan fingerprint density at radius 2 is 1.76 bits per heavy atom. The van der Waals surface area contributed by atoms with Gasteiger partial charge in [0.1, 0.15) is 12.4 Å². The van der Waals surface area contributed by atoms with Crippen molar-refractivity contribution in [3.63, 3.8) is 0 Å². The van der Waals surface area contributed by atoms with Gasteiger partial charge in [-0.25, -0.2) is 4.21 Å². The summed E-state index contributed by atoms with van der Waals surface area (Å²) in [5.41, 5.74) is 2.93. The van der Waals surface area contributed by atoms with Crippen molar-refractivity contribution in [3.8, 4) is 11.5 Å². The molecule has 0 bridgehead atoms. The molecule has 0 aromatic heterocycles. The van der Waals surface area contributed by atoms with E-state index in [-0.39, 0.29) is 5.41 Å². The largest absolute Gasteiger partial charge is 0.540 e. The first-order chi connectivity index (χ1) is 15.7. The maximum atomic E-state index is 13.8. The molecule has 0 saturated carbocycles. The summed E-state index contributed by atoms with van der Waals surface area (Å²) < 4.78 is 26.6. The average molecular weight is 528 g/mol. The van der Waals surface area contributed by atoms with Crippen LogP contribution in [-0.2, 0) is 22.6 Å². The molecule has 0 amide bonds. The van der Waals surface area contributed by atoms with Crippen molar-refractivity contribution >= 4 is 43.0 Å². The second-order valence-corrected chi connectivity index (χ2v) is 13.6. The van der Waals surface area contributed by atoms with E-state index in [1.165, 1.54) is 0 Å². The van der Waals surface area contributed by atoms with E-state index in [2.05, 4.69) is 50.9 Å². The topological polar surface area (TPSA) is 38.8 Å². The van der Waals surface area contributed by atoms with Crippen LogP contribution in [0.15, 0.2) is 40.1 Å². The molecule has 0 aliphatic carbocycles. The van der Waals surface area contributed by atoms with Crippen LogP contribution in [0.2, 0.25) is 13.1 Å². The van der Waals surface area contributed by atoms with Crippen molar-refractivity contribution in [2.45, 2.75) is 55.5 Å². The number of hydrogen-bond donors (Lipinski definition) is 0. The Morgan fingerprint density at radius 1 is 1.09 bits per heavy atom. The molecule has 0 saturated heterocycles. The zero-order valence-corrected chi connectivity index (χ0v) is 23.5. The van der Waals surface area contributed by atoms with E-state index in [1.54, 1.807) is 0 Å². The molecule has 0 fully saturated rings. The number of fused-ring (bicyclic) bond motifs is 2. The van der Waals surface area contributed by atoms with Crippen LogP contribution < -0.4 is 9.16 Å². The number of ether oxygens (including phenoxy) is 1. The van der Waals surface area contributed by atoms with Crippen molar-refractivity contribution in [2.75, 3.05) is 38.0 Å². The van der Waals surface area contributed by atoms with E-state index in [4.69, 9.17) is 32.4 Å². The summed E-state index contributed by atoms with van der Waals surface area (Å²) >= 11 is 11.9. The molecule has 1 aliphatic rings. The molecule has 1 heterocycles. The molecular formula is C25H34Cl2NO3SSi. The normalized spacial score (nSPS) is 15.5. The van der Waals surface area contributed by atoms with Crippen molar-refractivity contribution in [1.29, 1.82) is 0 Å². The predicted molar refractivity (Wildman–Crippen MR) is 141 cm³/mol. The lowest BCUT2D eigenvalue weighted by Crippen LogP contribution is -2.32. The van der Waals surface area contributed by atoms with Crippen LogP contribution in [0.25, 0.3) is 0 Å². The molecule has 1 unspecified atom stereocenters. The van der Waals surface area contributed by atoms with Gasteiger partial charge in [-0.15, -0.1) is 23.2 Å². The third kappa shape index (κ3) is 6.34. The lowest BCUT2D eigenvalue weighted by molar-refractivity contribution is 0.219. The van der Waals surface area contributed by atoms with Gasteiger partial charge in [0.25, 0.3) is 9.04 Å². The van der Waals surface area contributed by atoms with E-state index < -0.39 is 19.8 Å². The van der Waals surface area contributed by atoms with Gasteiger partial charge in [0, 0.05) is 48.3 Å². The van der Waals surface area contributed by atoms with Gasteiger partial charge < -0.3 is 9.16 Å². The third-order valence-corrected chi connectivity index (χ3v) is 8.20. The first-order valence-electron chi connectivity index (χ1n) is 11.3. The van der Waals surface area contributed by atoms with Gasteiger partial charge in [0.2, 0.25) is 0 Å². The van der Waals surface area contributed by atoms with Crippen LogP contribution in [0.3, 0.4) is 0 Å². The minimum absolute atomic E-state index is 0.186. The molecule has 181 valence electrons. The van der Waals surface area contributed by atoms with Gasteiger partial charge in [-0.05, 0) is 41.8 Å². The van der Waals surface area contributed by atoms with Gasteiger partial charge in [-0.2, -0.15) is 0 Å². The van der Waals surface area contributed by atoms with Crippen molar-refractivity contribution in [1.82, 2.24) is 4.90 Å². The third-order valence-electron chi connectivity index (χ3n) is 5.59. The van der Waals surface area contributed by atoms with Crippen LogP contribution in [-0.4, -0.2) is 56.2 Å². The molecule has 0 spiro atoms. The minimum atomic E-state index is -1.27. The summed E-state index contributed by atoms with van der Waals surface area (Å²) in [6, 6.07) is 10.1. The Morgan fingerprint density at radius 3 is 2.36 bits per heavy atom. The highest BCUT2D eigenvalue weighted by Crippen LogP contribution is 2.47. The smallest absolute Gasteiger partial charge is 0.274 e. The molecular weight excluding hydrogens is 493 g/mol. The van der Waals surface area contributed by atoms with Gasteiger partial charge in [0.15, 0.2) is 5.75 Å². The van der Waals surface area contributed by atoms with Crippen LogP contribution in [0.4, 0.5) is 0 Å². The summed E-state index contributed by atoms with van der Waals surface area (Å²) in [7, 11) is -2.30. The fourth-order valence-electron chi connectivity index (χ4n) is 4.04. The Kier molecular flexibility index (Phi) is 9.32. The van der Waals surface area contributed by atoms with E-state index in [1.807, 2.05) is 18.2 Å². The van der Waals surface area contributed by atoms with Crippen molar-refractivity contribution in [3.05, 3.63) is 47.0 Å². The van der Waals surface area contributed by atoms with E-state index in [9.17, 15) is 4.21 Å². The molecule has 4 nitrogen and oxygen atoms in total. The van der Waals surface area contributed by atoms with Gasteiger partial charge >= 0.3 is 0 Å². The van der Waals surface area contributed by atoms with E-state index >= 15 is 0 Å². The maximum Gasteiger partial charge on any atom is 0.274 e. The molecule has 2 aromatic rings. The minimum Gasteiger partial charge on any atom is -0.540 e. The Labute approximate surface area is 212 Å². The molecule has 1 aliphatic heterocycles. The number of benzene rings is 2. The second-order valence-electron chi connectivity index (χ2n) is 9.44. The molecule has 1 atom stereocenters. The second kappa shape index (κ2) is 11.6. The summed E-state index contributed by atoms with van der Waals surface area (Å²) in [6.07, 6.45) is 0.676. The average Bonchev–Trinajstić information content (AvgIpc) is 2.74. The van der Waals surface area contributed by atoms with E-state index in [0.717, 1.165) is 51.1 Å². The number of nitrogens with zero attached hydrogens (tertiary/aromatic N) is 1. The Balaban J connectivity index is 2.08. The van der Waals surface area contributed by atoms with Crippen molar-refractivity contribution in [2.24, 2.45) is 0 Å². The van der Waals surface area contributed by atoms with E-state index in [0.29, 0.717) is 31.3 Å². The first kappa shape index (κ1) is 26.5. The van der Waals surface area contributed by atoms with Crippen LogP contribution in [0.1, 0.15) is 37.5 Å². The van der Waals surface area contributed by atoms with Crippen LogP contribution in [0.5, 0.6) is 11.5 Å². The van der Waals surface area contributed by atoms with Gasteiger partial charge in [-0.1, -0.05) is 39.0 Å². The Hall–Kier alpha value is -1.05. The molecule has 0 N–H and O–H groups in total. The molecule has 33 heavy (non-hydrogen) atoms. The van der Waals surface area contributed by atoms with Crippen LogP contribution >= 0.6 is 23.2 Å². The zero-order valence-electron chi connectivity index (χ0n) is 20.2. The molecule has 2 aromatic carbocycles. The zero-order chi connectivity index (χ0) is 24.2. The number of alkyl halides is 2. The Bertz CT molecular complexity index is 988. The van der Waals surface area contributed by atoms with Crippen molar-refractivity contribution < 1.29 is 13.4 Å². The highest BCUT2D eigenvalue weighted by Gasteiger charge is 2.34. The number of hydrogen-bond acceptors (Lipinski definition) is 4. The number of rotatable bonds is 10.